The molecule has 114 valence electrons. The second-order valence-electron chi connectivity index (χ2n) is 6.48. The highest BCUT2D eigenvalue weighted by atomic mass is 16.3. The predicted molar refractivity (Wildman–Crippen MR) is 88.9 cm³/mol. The number of aromatic nitrogens is 2. The molecule has 0 N–H and O–H groups in total. The summed E-state index contributed by atoms with van der Waals surface area (Å²) < 4.78 is 8.06. The van der Waals surface area contributed by atoms with Crippen molar-refractivity contribution in [2.75, 3.05) is 0 Å². The molecule has 2 heterocycles. The zero-order chi connectivity index (χ0) is 16.0. The molecule has 2 aromatic heterocycles. The van der Waals surface area contributed by atoms with Crippen LogP contribution in [0.2, 0.25) is 0 Å². The van der Waals surface area contributed by atoms with E-state index < -0.39 is 0 Å². The summed E-state index contributed by atoms with van der Waals surface area (Å²) in [7, 11) is 2.07. The quantitative estimate of drug-likeness (QED) is 0.657. The topological polar surface area (TPSA) is 29.9 Å². The molecule has 3 nitrogen and oxygen atoms in total. The SMILES string of the molecule is Cc1cc(C)c(C)c(-c2cc3oc(C(C)C)nc3c[n+]2C)c1. The third kappa shape index (κ3) is 2.41. The number of pyridine rings is 1. The molecule has 0 saturated heterocycles. The molecule has 0 amide bonds. The Morgan fingerprint density at radius 2 is 1.82 bits per heavy atom. The number of hydrogen-bond donors (Lipinski definition) is 0. The van der Waals surface area contributed by atoms with Crippen LogP contribution in [0.25, 0.3) is 22.4 Å². The standard InChI is InChI=1S/C19H23N2O/c1-11(2)19-20-16-10-21(6)17(9-18(16)22-19)15-8-12(3)7-13(4)14(15)5/h7-11H,1-6H3/q+1. The lowest BCUT2D eigenvalue weighted by atomic mass is 9.97. The van der Waals surface area contributed by atoms with Gasteiger partial charge in [0.2, 0.25) is 5.69 Å². The number of fused-ring (bicyclic) bond motifs is 1. The van der Waals surface area contributed by atoms with Gasteiger partial charge in [-0.05, 0) is 38.0 Å². The molecule has 0 aliphatic rings. The highest BCUT2D eigenvalue weighted by Crippen LogP contribution is 2.28. The average Bonchev–Trinajstić information content (AvgIpc) is 2.85. The van der Waals surface area contributed by atoms with Crippen molar-refractivity contribution in [2.45, 2.75) is 40.5 Å². The molecule has 3 heteroatoms. The van der Waals surface area contributed by atoms with E-state index in [1.165, 1.54) is 22.3 Å². The minimum atomic E-state index is 0.295. The van der Waals surface area contributed by atoms with Gasteiger partial charge in [0, 0.05) is 11.5 Å². The van der Waals surface area contributed by atoms with Gasteiger partial charge in [0.15, 0.2) is 23.2 Å². The van der Waals surface area contributed by atoms with Crippen molar-refractivity contribution in [1.82, 2.24) is 4.98 Å². The molecule has 3 aromatic rings. The molecule has 3 rings (SSSR count). The highest BCUT2D eigenvalue weighted by Gasteiger charge is 2.19. The van der Waals surface area contributed by atoms with Gasteiger partial charge in [-0.1, -0.05) is 25.5 Å². The van der Waals surface area contributed by atoms with Crippen molar-refractivity contribution in [2.24, 2.45) is 7.05 Å². The first-order chi connectivity index (χ1) is 10.4. The summed E-state index contributed by atoms with van der Waals surface area (Å²) in [6.07, 6.45) is 2.05. The van der Waals surface area contributed by atoms with Crippen molar-refractivity contribution in [3.8, 4) is 11.3 Å². The summed E-state index contributed by atoms with van der Waals surface area (Å²) in [5.74, 6) is 1.09. The Morgan fingerprint density at radius 1 is 1.09 bits per heavy atom. The summed E-state index contributed by atoms with van der Waals surface area (Å²) in [5.41, 5.74) is 8.08. The molecule has 0 bridgehead atoms. The maximum absolute atomic E-state index is 5.92. The smallest absolute Gasteiger partial charge is 0.216 e. The highest BCUT2D eigenvalue weighted by molar-refractivity contribution is 5.76. The summed E-state index contributed by atoms with van der Waals surface area (Å²) in [6, 6.07) is 6.57. The van der Waals surface area contributed by atoms with Crippen LogP contribution in [0.3, 0.4) is 0 Å². The van der Waals surface area contributed by atoms with E-state index in [0.717, 1.165) is 22.7 Å². The minimum absolute atomic E-state index is 0.295. The first-order valence-corrected chi connectivity index (χ1v) is 7.75. The summed E-state index contributed by atoms with van der Waals surface area (Å²) >= 11 is 0. The van der Waals surface area contributed by atoms with Gasteiger partial charge in [0.25, 0.3) is 0 Å². The fourth-order valence-corrected chi connectivity index (χ4v) is 2.86. The van der Waals surface area contributed by atoms with Crippen molar-refractivity contribution in [1.29, 1.82) is 0 Å². The Kier molecular flexibility index (Phi) is 3.51. The van der Waals surface area contributed by atoms with Crippen LogP contribution in [-0.2, 0) is 7.05 Å². The van der Waals surface area contributed by atoms with Gasteiger partial charge in [-0.25, -0.2) is 4.98 Å². The van der Waals surface area contributed by atoms with Gasteiger partial charge >= 0.3 is 0 Å². The summed E-state index contributed by atoms with van der Waals surface area (Å²) in [4.78, 5) is 4.58. The Morgan fingerprint density at radius 3 is 2.50 bits per heavy atom. The third-order valence-electron chi connectivity index (χ3n) is 4.24. The van der Waals surface area contributed by atoms with Crippen molar-refractivity contribution >= 4 is 11.1 Å². The third-order valence-corrected chi connectivity index (χ3v) is 4.24. The minimum Gasteiger partial charge on any atom is -0.440 e. The largest absolute Gasteiger partial charge is 0.440 e. The first kappa shape index (κ1) is 14.8. The van der Waals surface area contributed by atoms with Crippen LogP contribution in [-0.4, -0.2) is 4.98 Å². The van der Waals surface area contributed by atoms with E-state index in [9.17, 15) is 0 Å². The van der Waals surface area contributed by atoms with Crippen LogP contribution in [0, 0.1) is 20.8 Å². The molecule has 0 aliphatic heterocycles. The molecule has 0 atom stereocenters. The summed E-state index contributed by atoms with van der Waals surface area (Å²) in [6.45, 7) is 10.7. The van der Waals surface area contributed by atoms with E-state index in [2.05, 4.69) is 75.6 Å². The second kappa shape index (κ2) is 5.24. The zero-order valence-electron chi connectivity index (χ0n) is 14.2. The van der Waals surface area contributed by atoms with Crippen molar-refractivity contribution in [3.05, 3.63) is 47.0 Å². The van der Waals surface area contributed by atoms with Gasteiger partial charge in [0.05, 0.1) is 6.07 Å². The van der Waals surface area contributed by atoms with Crippen LogP contribution in [0.5, 0.6) is 0 Å². The van der Waals surface area contributed by atoms with E-state index in [1.54, 1.807) is 0 Å². The fraction of sp³-hybridized carbons (Fsp3) is 0.368. The average molecular weight is 295 g/mol. The molecule has 0 saturated carbocycles. The Labute approximate surface area is 131 Å². The van der Waals surface area contributed by atoms with E-state index in [0.29, 0.717) is 5.92 Å². The van der Waals surface area contributed by atoms with Gasteiger partial charge in [-0.3, -0.25) is 0 Å². The number of oxazole rings is 1. The molecule has 0 unspecified atom stereocenters. The van der Waals surface area contributed by atoms with E-state index in [1.807, 2.05) is 0 Å². The molecular formula is C19H23N2O+. The maximum atomic E-state index is 5.92. The van der Waals surface area contributed by atoms with Crippen LogP contribution < -0.4 is 4.57 Å². The van der Waals surface area contributed by atoms with Crippen LogP contribution in [0.4, 0.5) is 0 Å². The molecule has 22 heavy (non-hydrogen) atoms. The first-order valence-electron chi connectivity index (χ1n) is 7.75. The zero-order valence-corrected chi connectivity index (χ0v) is 14.2. The van der Waals surface area contributed by atoms with Gasteiger partial charge in [0.1, 0.15) is 7.05 Å². The molecule has 0 fully saturated rings. The van der Waals surface area contributed by atoms with Crippen molar-refractivity contribution in [3.63, 3.8) is 0 Å². The predicted octanol–water partition coefficient (Wildman–Crippen LogP) is 4.37. The van der Waals surface area contributed by atoms with Crippen molar-refractivity contribution < 1.29 is 8.98 Å². The molecular weight excluding hydrogens is 272 g/mol. The lowest BCUT2D eigenvalue weighted by Crippen LogP contribution is -2.30. The molecule has 0 aliphatic carbocycles. The summed E-state index contributed by atoms with van der Waals surface area (Å²) in [5, 5.41) is 0. The molecule has 1 aromatic carbocycles. The Balaban J connectivity index is 2.25. The number of aryl methyl sites for hydroxylation is 3. The van der Waals surface area contributed by atoms with Crippen LogP contribution in [0.1, 0.15) is 42.3 Å². The monoisotopic (exact) mass is 295 g/mol. The van der Waals surface area contributed by atoms with E-state index in [-0.39, 0.29) is 0 Å². The van der Waals surface area contributed by atoms with Crippen LogP contribution in [0.15, 0.2) is 28.8 Å². The van der Waals surface area contributed by atoms with E-state index in [4.69, 9.17) is 4.42 Å². The van der Waals surface area contributed by atoms with E-state index >= 15 is 0 Å². The number of hydrogen-bond acceptors (Lipinski definition) is 2. The van der Waals surface area contributed by atoms with Gasteiger partial charge in [-0.2, -0.15) is 4.57 Å². The maximum Gasteiger partial charge on any atom is 0.216 e. The number of benzene rings is 1. The Hall–Kier alpha value is -2.16. The second-order valence-corrected chi connectivity index (χ2v) is 6.48. The normalized spacial score (nSPS) is 11.6. The van der Waals surface area contributed by atoms with Gasteiger partial charge in [-0.15, -0.1) is 0 Å². The number of nitrogens with zero attached hydrogens (tertiary/aromatic N) is 2. The van der Waals surface area contributed by atoms with Crippen LogP contribution >= 0.6 is 0 Å². The fourth-order valence-electron chi connectivity index (χ4n) is 2.86. The Bertz CT molecular complexity index is 859. The molecule has 0 radical (unpaired) electrons. The lowest BCUT2D eigenvalue weighted by molar-refractivity contribution is -0.659. The lowest BCUT2D eigenvalue weighted by Gasteiger charge is -2.08. The molecule has 0 spiro atoms. The van der Waals surface area contributed by atoms with Gasteiger partial charge < -0.3 is 4.42 Å². The number of rotatable bonds is 2.